The van der Waals surface area contributed by atoms with E-state index in [0.717, 1.165) is 64.8 Å². The molecular formula is C87H67Br6Cl11F6N15NaO16. The summed E-state index contributed by atoms with van der Waals surface area (Å²) in [5, 5.41) is 48.6. The van der Waals surface area contributed by atoms with Gasteiger partial charge in [-0.25, -0.2) is 85.0 Å². The number of esters is 3. The third-order valence-electron chi connectivity index (χ3n) is 16.9. The largest absolute Gasteiger partial charge is 1.00 e. The number of ether oxygens (including phenoxy) is 4. The van der Waals surface area contributed by atoms with Crippen molar-refractivity contribution in [3.8, 4) is 0 Å². The zero-order valence-corrected chi connectivity index (χ0v) is 92.5. The van der Waals surface area contributed by atoms with Crippen LogP contribution in [0, 0.1) is 34.9 Å². The Balaban J connectivity index is 0.000000342. The van der Waals surface area contributed by atoms with E-state index in [-0.39, 0.29) is 126 Å². The number of nitrogens with two attached hydrogens (primary N) is 2. The number of benzene rings is 6. The van der Waals surface area contributed by atoms with Crippen LogP contribution in [-0.2, 0) is 23.7 Å². The number of pyridine rings is 6. The first kappa shape index (κ1) is 125. The topological polar surface area (TPSA) is 466 Å². The maximum Gasteiger partial charge on any atom is 1.00 e. The van der Waals surface area contributed by atoms with Crippen LogP contribution < -0.4 is 67.6 Å². The number of nitrogens with zero attached hydrogens (tertiary/aromatic N) is 8. The number of nitrogen functional groups attached to an aromatic ring is 2. The minimum Gasteiger partial charge on any atom is -0.870 e. The van der Waals surface area contributed by atoms with Crippen LogP contribution in [0.3, 0.4) is 0 Å². The third-order valence-corrected chi connectivity index (χ3v) is 23.0. The van der Waals surface area contributed by atoms with Crippen molar-refractivity contribution in [1.82, 2.24) is 38.7 Å². The van der Waals surface area contributed by atoms with Gasteiger partial charge in [0, 0.05) is 109 Å². The van der Waals surface area contributed by atoms with Crippen molar-refractivity contribution in [1.29, 1.82) is 0 Å². The molecule has 0 aliphatic carbocycles. The van der Waals surface area contributed by atoms with Gasteiger partial charge in [-0.15, -0.1) is 11.6 Å². The molecule has 0 spiro atoms. The fourth-order valence-electron chi connectivity index (χ4n) is 10.4. The average molecular weight is 2580 g/mol. The van der Waals surface area contributed by atoms with Crippen LogP contribution in [0.15, 0.2) is 198 Å². The number of alkyl halides is 1. The second-order valence-electron chi connectivity index (χ2n) is 26.2. The summed E-state index contributed by atoms with van der Waals surface area (Å²) in [6.07, 6.45) is 15.9. The van der Waals surface area contributed by atoms with E-state index in [1.54, 1.807) is 116 Å². The molecule has 8 aromatic heterocycles. The smallest absolute Gasteiger partial charge is 0.870 e. The standard InChI is InChI=1S/C15H10BrClFN3O2.C14H8BrClFN3O2.C13H8BrCl2FN2O2.C13H10BrClFN3O2.C12H6BrCl2FN2O2.C6H5BrClN.C6H2Cl2FNO2.C4H8O.C2H3ClO.C2H6O.Na.H2O/c1-23-15(22)9-7-21-5-4-19-14(21)12(18)13(9)20-11-3-2-8(16)6-10(11)17;15-7-1-2-10(9(16)5-7)19-12-8(14(21)22)6-20-4-3-18-13(20)11(12)17;1-21-13(20)7-5-18-12(16)10(17)11(7)19-9-3-2-6(14)4-8(9)15;1-21-13(20)7-5-18-12(17)10(16)11(7)19-9-3-2-6(14)4-8(9)15;13-5-1-2-8(7(14)3-5)18-10-6(12(19)20)4-17-11(15)9(10)16;7-4-1-2-6(9)5(8)3-4;7-3-2(6(11)12)1-10-5(8)4(3)9;1-2-4-5-3-1;3-1-2-4;1-2-3;;/h2-7,20H,1H3;1-6,19H,(H,21,22);2-5H,1H3,(H,18,19);2-5H,1H3,(H3,17,18,19);1-4H,(H,17,18)(H,19,20);1-3H,9H2;1H,(H,11,12);1-4H2;2H,1H2;3H,2H2,1H3;;1H2/q;;;;;;;;;;+1;/p-1. The number of fused-ring (bicyclic) bond motifs is 2. The summed E-state index contributed by atoms with van der Waals surface area (Å²) < 4.78 is 111. The number of anilines is 12. The first-order chi connectivity index (χ1) is 66.3. The first-order valence-corrected chi connectivity index (χ1v) is 47.2. The molecule has 0 bridgehead atoms. The van der Waals surface area contributed by atoms with Crippen LogP contribution in [0.25, 0.3) is 11.3 Å². The maximum absolute atomic E-state index is 14.8. The minimum absolute atomic E-state index is 0. The molecule has 0 saturated carbocycles. The molecular weight excluding hydrogens is 2520 g/mol. The molecule has 0 radical (unpaired) electrons. The molecule has 1 fully saturated rings. The average Bonchev–Trinajstić information content (AvgIpc) is 1.60. The number of rotatable bonds is 17. The Hall–Kier alpha value is -9.08. The molecule has 31 nitrogen and oxygen atoms in total. The van der Waals surface area contributed by atoms with Crippen molar-refractivity contribution in [2.45, 2.75) is 19.8 Å². The summed E-state index contributed by atoms with van der Waals surface area (Å²) in [6.45, 7) is 3.93. The number of aliphatic hydroxyl groups excluding tert-OH is 1. The Labute approximate surface area is 929 Å². The predicted octanol–water partition coefficient (Wildman–Crippen LogP) is 25.0. The van der Waals surface area contributed by atoms with E-state index >= 15 is 0 Å². The molecule has 748 valence electrons. The number of carbonyl (C=O) groups excluding carboxylic acids is 4. The molecule has 1 aliphatic heterocycles. The van der Waals surface area contributed by atoms with Crippen LogP contribution in [0.4, 0.5) is 94.7 Å². The summed E-state index contributed by atoms with van der Waals surface area (Å²) in [7, 11) is 3.60. The summed E-state index contributed by atoms with van der Waals surface area (Å²) in [5.74, 6) is -11.4. The van der Waals surface area contributed by atoms with Gasteiger partial charge in [0.15, 0.2) is 67.5 Å². The quantitative estimate of drug-likeness (QED) is 0.00589. The molecule has 15 rings (SSSR count). The van der Waals surface area contributed by atoms with Gasteiger partial charge in [0.2, 0.25) is 0 Å². The predicted molar refractivity (Wildman–Crippen MR) is 554 cm³/mol. The second kappa shape index (κ2) is 62.0. The minimum atomic E-state index is -1.34. The number of hydrogen-bond donors (Lipinski definition) is 11. The van der Waals surface area contributed by atoms with Gasteiger partial charge in [0.05, 0.1) is 130 Å². The van der Waals surface area contributed by atoms with E-state index in [1.807, 2.05) is 6.07 Å². The number of hydrogen-bond acceptors (Lipinski definition) is 26. The molecule has 0 amide bonds. The number of carboxylic acid groups (broad SMARTS) is 3. The number of carbonyl (C=O) groups is 7. The van der Waals surface area contributed by atoms with E-state index in [1.165, 1.54) is 74.0 Å². The van der Waals surface area contributed by atoms with Crippen LogP contribution in [0.1, 0.15) is 81.9 Å². The molecule has 1 saturated heterocycles. The van der Waals surface area contributed by atoms with Gasteiger partial charge in [-0.1, -0.05) is 212 Å². The molecule has 9 heterocycles. The van der Waals surface area contributed by atoms with E-state index in [9.17, 15) is 60.2 Å². The summed E-state index contributed by atoms with van der Waals surface area (Å²) in [5.41, 5.74) is 11.7. The molecule has 142 heavy (non-hydrogen) atoms. The second-order valence-corrected chi connectivity index (χ2v) is 35.9. The summed E-state index contributed by atoms with van der Waals surface area (Å²) >= 11 is 82.1. The zero-order chi connectivity index (χ0) is 104. The monoisotopic (exact) mass is 2570 g/mol. The van der Waals surface area contributed by atoms with Gasteiger partial charge >= 0.3 is 65.4 Å². The Morgan fingerprint density at radius 3 is 1.00 bits per heavy atom. The van der Waals surface area contributed by atoms with Gasteiger partial charge < -0.3 is 96.5 Å². The Bertz CT molecular complexity index is 6710. The summed E-state index contributed by atoms with van der Waals surface area (Å²) in [4.78, 5) is 99.0. The number of nitrogens with one attached hydrogen (secondary N) is 5. The van der Waals surface area contributed by atoms with Gasteiger partial charge in [0.25, 0.3) is 0 Å². The van der Waals surface area contributed by atoms with Crippen LogP contribution >= 0.6 is 223 Å². The Morgan fingerprint density at radius 1 is 0.423 bits per heavy atom. The molecule has 14 aromatic rings. The number of aromatic carboxylic acids is 3. The molecule has 0 atom stereocenters. The number of imidazole rings is 2. The molecule has 14 N–H and O–H groups in total. The zero-order valence-electron chi connectivity index (χ0n) is 72.6. The molecule has 6 aromatic carbocycles. The summed E-state index contributed by atoms with van der Waals surface area (Å²) in [6, 6.07) is 30.2. The molecule has 0 unspecified atom stereocenters. The molecule has 55 heteroatoms. The van der Waals surface area contributed by atoms with E-state index < -0.39 is 91.6 Å². The Kier molecular flexibility index (Phi) is 54.7. The number of carboxylic acids is 3. The van der Waals surface area contributed by atoms with Crippen LogP contribution in [0.5, 0.6) is 0 Å². The SMILES string of the molecule is C1CCOC1.CCO.COC(=O)c1cn2ccnc2c(F)c1Nc1ccc(Br)cc1Cl.COC(=O)c1cnc(Cl)c(F)c1Nc1ccc(Br)cc1Cl.COC(=O)c1cnc(N)c(F)c1Nc1ccc(Br)cc1Cl.Nc1ccc(Br)cc1Cl.O=C(O)c1cn2ccnc2c(F)c1Nc1ccc(Br)cc1Cl.O=C(O)c1cnc(Cl)c(F)c1Cl.O=C(O)c1cnc(Cl)c(F)c1Nc1ccc(Br)cc1Cl.O=CCCl.[Na+].[OH-]. The van der Waals surface area contributed by atoms with Gasteiger partial charge in [-0.2, -0.15) is 0 Å². The Morgan fingerprint density at radius 2 is 0.697 bits per heavy atom. The normalized spacial score (nSPS) is 10.5. The third kappa shape index (κ3) is 36.8. The van der Waals surface area contributed by atoms with Gasteiger partial charge in [0.1, 0.15) is 34.1 Å². The number of halogens is 23. The number of methoxy groups -OCH3 is 3. The van der Waals surface area contributed by atoms with Crippen molar-refractivity contribution in [3.05, 3.63) is 317 Å². The first-order valence-electron chi connectivity index (χ1n) is 38.2. The van der Waals surface area contributed by atoms with Gasteiger partial charge in [-0.05, 0) is 129 Å². The maximum atomic E-state index is 14.8. The van der Waals surface area contributed by atoms with Crippen molar-refractivity contribution >= 4 is 345 Å². The van der Waals surface area contributed by atoms with Crippen LogP contribution in [-0.4, -0.2) is 154 Å². The number of aromatic nitrogens is 8. The van der Waals surface area contributed by atoms with E-state index in [4.69, 9.17) is 169 Å². The van der Waals surface area contributed by atoms with Crippen molar-refractivity contribution in [2.24, 2.45) is 0 Å². The molecule has 1 aliphatic rings. The fourth-order valence-corrected chi connectivity index (χ4v) is 15.4. The van der Waals surface area contributed by atoms with E-state index in [0.29, 0.717) is 70.5 Å². The van der Waals surface area contributed by atoms with Crippen molar-refractivity contribution in [2.75, 3.05) is 85.1 Å². The fraction of sp³-hybridized carbons (Fsp3) is 0.115. The van der Waals surface area contributed by atoms with E-state index in [2.05, 4.69) is 162 Å². The van der Waals surface area contributed by atoms with Crippen molar-refractivity contribution < 1.29 is 134 Å². The van der Waals surface area contributed by atoms with Gasteiger partial charge in [-0.3, -0.25) is 0 Å². The van der Waals surface area contributed by atoms with Crippen LogP contribution in [0.2, 0.25) is 50.6 Å². The number of aldehydes is 1. The number of aliphatic hydroxyl groups is 1. The van der Waals surface area contributed by atoms with Crippen molar-refractivity contribution in [3.63, 3.8) is 0 Å².